The Morgan fingerprint density at radius 1 is 0.458 bits per heavy atom. The highest BCUT2D eigenvalue weighted by molar-refractivity contribution is 6.74. The highest BCUT2D eigenvalue weighted by Crippen LogP contribution is 2.15. The Hall–Kier alpha value is 0.491. The predicted octanol–water partition coefficient (Wildman–Crippen LogP) is 3.43. The predicted molar refractivity (Wildman–Crippen MR) is 116 cm³/mol. The summed E-state index contributed by atoms with van der Waals surface area (Å²) in [5.74, 6) is 0. The van der Waals surface area contributed by atoms with Crippen LogP contribution in [-0.2, 0) is 4.74 Å². The van der Waals surface area contributed by atoms with E-state index in [1.54, 1.807) is 0 Å². The summed E-state index contributed by atoms with van der Waals surface area (Å²) in [6, 6.07) is 0. The molecule has 7 heteroatoms. The molecule has 0 aliphatic carbocycles. The van der Waals surface area contributed by atoms with Gasteiger partial charge in [0.05, 0.1) is 13.2 Å². The van der Waals surface area contributed by atoms with Crippen LogP contribution in [-0.4, -0.2) is 90.9 Å². The fourth-order valence-corrected chi connectivity index (χ4v) is 7.89. The maximum atomic E-state index is 6.01. The Kier molecular flexibility index (Phi) is 8.38. The van der Waals surface area contributed by atoms with E-state index in [2.05, 4.69) is 72.6 Å². The molecule has 24 heavy (non-hydrogen) atoms. The van der Waals surface area contributed by atoms with Crippen LogP contribution in [0.15, 0.2) is 0 Å². The van der Waals surface area contributed by atoms with Gasteiger partial charge in [0.1, 0.15) is 24.7 Å². The van der Waals surface area contributed by atoms with Crippen LogP contribution < -0.4 is 0 Å². The zero-order chi connectivity index (χ0) is 18.6. The van der Waals surface area contributed by atoms with Crippen molar-refractivity contribution in [3.05, 3.63) is 0 Å². The maximum absolute atomic E-state index is 6.01. The summed E-state index contributed by atoms with van der Waals surface area (Å²) in [6.07, 6.45) is 0. The molecule has 0 bridgehead atoms. The third kappa shape index (κ3) is 7.80. The van der Waals surface area contributed by atoms with Crippen molar-refractivity contribution in [2.75, 3.05) is 52.5 Å². The molecule has 0 aromatic carbocycles. The van der Waals surface area contributed by atoms with Gasteiger partial charge in [-0.25, -0.2) is 0 Å². The van der Waals surface area contributed by atoms with Crippen molar-refractivity contribution in [2.24, 2.45) is 0 Å². The van der Waals surface area contributed by atoms with E-state index in [0.717, 1.165) is 26.3 Å². The van der Waals surface area contributed by atoms with Gasteiger partial charge in [-0.3, -0.25) is 0 Å². The lowest BCUT2D eigenvalue weighted by molar-refractivity contribution is 0.104. The highest BCUT2D eigenvalue weighted by Gasteiger charge is 2.30. The summed E-state index contributed by atoms with van der Waals surface area (Å²) >= 11 is 0. The minimum atomic E-state index is -1.28. The second-order valence-corrected chi connectivity index (χ2v) is 25.0. The molecule has 1 fully saturated rings. The van der Waals surface area contributed by atoms with Crippen molar-refractivity contribution >= 4 is 24.7 Å². The Balaban J connectivity index is 2.87. The van der Waals surface area contributed by atoms with Crippen molar-refractivity contribution in [2.45, 2.75) is 58.9 Å². The van der Waals surface area contributed by atoms with E-state index in [0.29, 0.717) is 0 Å². The van der Waals surface area contributed by atoms with Gasteiger partial charge in [-0.05, 0) is 0 Å². The molecule has 0 radical (unpaired) electrons. The van der Waals surface area contributed by atoms with Crippen LogP contribution in [0.1, 0.15) is 0 Å². The van der Waals surface area contributed by atoms with Gasteiger partial charge in [0.25, 0.3) is 0 Å². The monoisotopic (exact) mass is 389 g/mol. The Morgan fingerprint density at radius 3 is 0.958 bits per heavy atom. The number of hydrogen-bond donors (Lipinski definition) is 0. The molecule has 144 valence electrons. The molecule has 1 aliphatic rings. The van der Waals surface area contributed by atoms with E-state index in [4.69, 9.17) is 4.74 Å². The lowest BCUT2D eigenvalue weighted by Gasteiger charge is -2.42. The molecular weight excluding hydrogens is 346 g/mol. The fourth-order valence-electron chi connectivity index (χ4n) is 3.28. The molecule has 0 spiro atoms. The highest BCUT2D eigenvalue weighted by atomic mass is 28.3. The molecule has 0 unspecified atom stereocenters. The molecule has 1 saturated heterocycles. The van der Waals surface area contributed by atoms with Gasteiger partial charge in [0.15, 0.2) is 0 Å². The van der Waals surface area contributed by atoms with Gasteiger partial charge in [-0.15, -0.1) is 0 Å². The molecule has 1 aliphatic heterocycles. The van der Waals surface area contributed by atoms with E-state index in [-0.39, 0.29) is 0 Å². The summed E-state index contributed by atoms with van der Waals surface area (Å²) in [6.45, 7) is 31.1. The zero-order valence-corrected chi connectivity index (χ0v) is 20.9. The third-order valence-corrected chi connectivity index (χ3v) is 12.2. The molecule has 4 nitrogen and oxygen atoms in total. The molecule has 0 atom stereocenters. The number of ether oxygens (including phenoxy) is 1. The average molecular weight is 390 g/mol. The SMILES string of the molecule is C[Si](C)(C)N1CCOCCN([Si](C)(C)C)CCN([Si](C)(C)C)CC1. The summed E-state index contributed by atoms with van der Waals surface area (Å²) in [7, 11) is -3.82. The standard InChI is InChI=1S/C17H43N3OSi3/c1-22(2,3)18-10-12-19(23(4,5)6)14-16-21-17-15-20(13-11-18)24(7,8)9/h10-17H2,1-9H3. The molecule has 0 aromatic heterocycles. The molecule has 0 saturated carbocycles. The van der Waals surface area contributed by atoms with Crippen LogP contribution in [0.4, 0.5) is 0 Å². The van der Waals surface area contributed by atoms with Gasteiger partial charge in [-0.1, -0.05) is 58.9 Å². The molecule has 0 aromatic rings. The van der Waals surface area contributed by atoms with Gasteiger partial charge in [0, 0.05) is 39.3 Å². The van der Waals surface area contributed by atoms with E-state index < -0.39 is 24.7 Å². The molecule has 0 amide bonds. The zero-order valence-electron chi connectivity index (χ0n) is 17.9. The van der Waals surface area contributed by atoms with E-state index >= 15 is 0 Å². The first kappa shape index (κ1) is 22.5. The Bertz CT molecular complexity index is 347. The van der Waals surface area contributed by atoms with Gasteiger partial charge >= 0.3 is 0 Å². The minimum Gasteiger partial charge on any atom is -0.379 e. The second kappa shape index (κ2) is 8.92. The van der Waals surface area contributed by atoms with Gasteiger partial charge in [-0.2, -0.15) is 0 Å². The maximum Gasteiger partial charge on any atom is 0.119 e. The quantitative estimate of drug-likeness (QED) is 0.688. The first-order valence-corrected chi connectivity index (χ1v) is 20.0. The summed E-state index contributed by atoms with van der Waals surface area (Å²) < 4.78 is 14.3. The van der Waals surface area contributed by atoms with Crippen LogP contribution >= 0.6 is 0 Å². The van der Waals surface area contributed by atoms with Crippen LogP contribution in [0.5, 0.6) is 0 Å². The molecular formula is C17H43N3OSi3. The van der Waals surface area contributed by atoms with Gasteiger partial charge < -0.3 is 18.4 Å². The first-order chi connectivity index (χ1) is 10.8. The number of nitrogens with zero attached hydrogens (tertiary/aromatic N) is 3. The van der Waals surface area contributed by atoms with Crippen molar-refractivity contribution in [3.8, 4) is 0 Å². The summed E-state index contributed by atoms with van der Waals surface area (Å²) in [4.78, 5) is 0. The summed E-state index contributed by atoms with van der Waals surface area (Å²) in [5.41, 5.74) is 0. The number of hydrogen-bond acceptors (Lipinski definition) is 4. The van der Waals surface area contributed by atoms with Crippen molar-refractivity contribution < 1.29 is 4.74 Å². The summed E-state index contributed by atoms with van der Waals surface area (Å²) in [5, 5.41) is 0. The van der Waals surface area contributed by atoms with E-state index in [1.807, 2.05) is 0 Å². The largest absolute Gasteiger partial charge is 0.379 e. The van der Waals surface area contributed by atoms with Crippen LogP contribution in [0.3, 0.4) is 0 Å². The average Bonchev–Trinajstić information content (AvgIpc) is 2.34. The lowest BCUT2D eigenvalue weighted by Crippen LogP contribution is -2.57. The normalized spacial score (nSPS) is 22.9. The molecule has 0 N–H and O–H groups in total. The second-order valence-electron chi connectivity index (χ2n) is 10.1. The minimum absolute atomic E-state index is 0.886. The molecule has 1 heterocycles. The first-order valence-electron chi connectivity index (χ1n) is 9.65. The fraction of sp³-hybridized carbons (Fsp3) is 1.00. The van der Waals surface area contributed by atoms with Crippen LogP contribution in [0.2, 0.25) is 58.9 Å². The van der Waals surface area contributed by atoms with Crippen molar-refractivity contribution in [1.29, 1.82) is 0 Å². The number of rotatable bonds is 3. The van der Waals surface area contributed by atoms with Crippen molar-refractivity contribution in [3.63, 3.8) is 0 Å². The van der Waals surface area contributed by atoms with E-state index in [1.165, 1.54) is 26.2 Å². The van der Waals surface area contributed by atoms with Crippen LogP contribution in [0, 0.1) is 0 Å². The topological polar surface area (TPSA) is 19.0 Å². The lowest BCUT2D eigenvalue weighted by atomic mass is 10.5. The Labute approximate surface area is 154 Å². The smallest absolute Gasteiger partial charge is 0.119 e. The third-order valence-electron chi connectivity index (χ3n) is 5.14. The van der Waals surface area contributed by atoms with Gasteiger partial charge in [0.2, 0.25) is 0 Å². The van der Waals surface area contributed by atoms with Crippen molar-refractivity contribution in [1.82, 2.24) is 13.7 Å². The van der Waals surface area contributed by atoms with Crippen LogP contribution in [0.25, 0.3) is 0 Å². The Morgan fingerprint density at radius 2 is 0.708 bits per heavy atom. The van der Waals surface area contributed by atoms with E-state index in [9.17, 15) is 0 Å². The molecule has 1 rings (SSSR count).